The SMILES string of the molecule is CCCNCc1ccc(Oc2ccc(Br)c(F)c2)c(C)c1. The Labute approximate surface area is 133 Å². The van der Waals surface area contributed by atoms with Crippen molar-refractivity contribution in [3.63, 3.8) is 0 Å². The van der Waals surface area contributed by atoms with Gasteiger partial charge in [-0.2, -0.15) is 0 Å². The molecule has 0 unspecified atom stereocenters. The molecule has 0 atom stereocenters. The Kier molecular flexibility index (Phi) is 5.76. The standard InChI is InChI=1S/C17H19BrFNO/c1-3-8-20-11-13-4-7-17(12(2)9-13)21-14-5-6-15(18)16(19)10-14/h4-7,9-10,20H,3,8,11H2,1-2H3. The molecule has 21 heavy (non-hydrogen) atoms. The molecule has 1 N–H and O–H groups in total. The molecule has 0 spiro atoms. The highest BCUT2D eigenvalue weighted by Crippen LogP contribution is 2.28. The summed E-state index contributed by atoms with van der Waals surface area (Å²) in [7, 11) is 0. The topological polar surface area (TPSA) is 21.3 Å². The third-order valence-electron chi connectivity index (χ3n) is 3.11. The van der Waals surface area contributed by atoms with Gasteiger partial charge in [-0.15, -0.1) is 0 Å². The third kappa shape index (κ3) is 4.55. The van der Waals surface area contributed by atoms with Crippen molar-refractivity contribution in [1.29, 1.82) is 0 Å². The van der Waals surface area contributed by atoms with E-state index in [0.29, 0.717) is 10.2 Å². The van der Waals surface area contributed by atoms with Crippen LogP contribution in [0.1, 0.15) is 24.5 Å². The van der Waals surface area contributed by atoms with Gasteiger partial charge in [0, 0.05) is 12.6 Å². The van der Waals surface area contributed by atoms with Crippen molar-refractivity contribution < 1.29 is 9.13 Å². The number of ether oxygens (including phenoxy) is 1. The van der Waals surface area contributed by atoms with Crippen molar-refractivity contribution in [2.75, 3.05) is 6.54 Å². The summed E-state index contributed by atoms with van der Waals surface area (Å²) < 4.78 is 19.7. The van der Waals surface area contributed by atoms with Gasteiger partial charge in [-0.25, -0.2) is 4.39 Å². The van der Waals surface area contributed by atoms with Gasteiger partial charge in [0.05, 0.1) is 4.47 Å². The quantitative estimate of drug-likeness (QED) is 0.723. The monoisotopic (exact) mass is 351 g/mol. The number of benzene rings is 2. The van der Waals surface area contributed by atoms with Crippen molar-refractivity contribution in [2.45, 2.75) is 26.8 Å². The summed E-state index contributed by atoms with van der Waals surface area (Å²) >= 11 is 3.13. The molecular formula is C17H19BrFNO. The Hall–Kier alpha value is -1.39. The summed E-state index contributed by atoms with van der Waals surface area (Å²) in [6, 6.07) is 10.8. The van der Waals surface area contributed by atoms with Crippen molar-refractivity contribution in [3.05, 3.63) is 57.8 Å². The smallest absolute Gasteiger partial charge is 0.141 e. The minimum absolute atomic E-state index is 0.328. The van der Waals surface area contributed by atoms with E-state index in [0.717, 1.165) is 30.8 Å². The van der Waals surface area contributed by atoms with Crippen molar-refractivity contribution in [3.8, 4) is 11.5 Å². The Morgan fingerprint density at radius 3 is 2.67 bits per heavy atom. The van der Waals surface area contributed by atoms with E-state index in [2.05, 4.69) is 34.2 Å². The van der Waals surface area contributed by atoms with Crippen LogP contribution in [0.25, 0.3) is 0 Å². The number of hydrogen-bond donors (Lipinski definition) is 1. The van der Waals surface area contributed by atoms with Crippen LogP contribution in [0.5, 0.6) is 11.5 Å². The highest BCUT2D eigenvalue weighted by atomic mass is 79.9. The van der Waals surface area contributed by atoms with Gasteiger partial charge in [-0.05, 0) is 65.1 Å². The summed E-state index contributed by atoms with van der Waals surface area (Å²) in [4.78, 5) is 0. The zero-order valence-corrected chi connectivity index (χ0v) is 13.8. The van der Waals surface area contributed by atoms with E-state index in [1.54, 1.807) is 12.1 Å². The molecule has 0 aliphatic heterocycles. The van der Waals surface area contributed by atoms with Gasteiger partial charge < -0.3 is 10.1 Å². The summed E-state index contributed by atoms with van der Waals surface area (Å²) in [6.07, 6.45) is 1.12. The maximum Gasteiger partial charge on any atom is 0.141 e. The molecule has 0 amide bonds. The molecule has 0 heterocycles. The summed E-state index contributed by atoms with van der Waals surface area (Å²) in [5.74, 6) is 0.914. The van der Waals surface area contributed by atoms with Gasteiger partial charge in [-0.1, -0.05) is 19.1 Å². The van der Waals surface area contributed by atoms with Crippen LogP contribution in [-0.4, -0.2) is 6.54 Å². The first-order valence-electron chi connectivity index (χ1n) is 7.03. The summed E-state index contributed by atoms with van der Waals surface area (Å²) in [5.41, 5.74) is 2.25. The zero-order chi connectivity index (χ0) is 15.2. The van der Waals surface area contributed by atoms with Crippen LogP contribution >= 0.6 is 15.9 Å². The highest BCUT2D eigenvalue weighted by Gasteiger charge is 2.06. The molecule has 0 aliphatic carbocycles. The van der Waals surface area contributed by atoms with Crippen molar-refractivity contribution in [2.24, 2.45) is 0 Å². The van der Waals surface area contributed by atoms with Gasteiger partial charge in [-0.3, -0.25) is 0 Å². The molecule has 2 rings (SSSR count). The lowest BCUT2D eigenvalue weighted by Crippen LogP contribution is -2.13. The molecule has 2 nitrogen and oxygen atoms in total. The Morgan fingerprint density at radius 2 is 2.00 bits per heavy atom. The second-order valence-corrected chi connectivity index (χ2v) is 5.81. The van der Waals surface area contributed by atoms with E-state index >= 15 is 0 Å². The predicted molar refractivity (Wildman–Crippen MR) is 87.4 cm³/mol. The molecule has 0 aliphatic rings. The third-order valence-corrected chi connectivity index (χ3v) is 3.76. The maximum atomic E-state index is 13.5. The maximum absolute atomic E-state index is 13.5. The van der Waals surface area contributed by atoms with Crippen molar-refractivity contribution in [1.82, 2.24) is 5.32 Å². The van der Waals surface area contributed by atoms with Gasteiger partial charge in [0.25, 0.3) is 0 Å². The van der Waals surface area contributed by atoms with Crippen LogP contribution in [0.4, 0.5) is 4.39 Å². The summed E-state index contributed by atoms with van der Waals surface area (Å²) in [6.45, 7) is 6.00. The molecule has 2 aromatic rings. The first-order chi connectivity index (χ1) is 10.1. The minimum Gasteiger partial charge on any atom is -0.457 e. The zero-order valence-electron chi connectivity index (χ0n) is 12.2. The highest BCUT2D eigenvalue weighted by molar-refractivity contribution is 9.10. The van der Waals surface area contributed by atoms with Crippen LogP contribution < -0.4 is 10.1 Å². The van der Waals surface area contributed by atoms with Crippen LogP contribution in [0.3, 0.4) is 0 Å². The van der Waals surface area contributed by atoms with Crippen LogP contribution in [0.2, 0.25) is 0 Å². The molecule has 112 valence electrons. The molecule has 0 aromatic heterocycles. The fourth-order valence-corrected chi connectivity index (χ4v) is 2.26. The molecule has 0 saturated carbocycles. The van der Waals surface area contributed by atoms with Gasteiger partial charge >= 0.3 is 0 Å². The lowest BCUT2D eigenvalue weighted by atomic mass is 10.1. The van der Waals surface area contributed by atoms with Crippen molar-refractivity contribution >= 4 is 15.9 Å². The molecule has 4 heteroatoms. The second-order valence-electron chi connectivity index (χ2n) is 4.95. The molecule has 0 saturated heterocycles. The van der Waals surface area contributed by atoms with Gasteiger partial charge in [0.2, 0.25) is 0 Å². The molecule has 0 radical (unpaired) electrons. The Morgan fingerprint density at radius 1 is 1.19 bits per heavy atom. The lowest BCUT2D eigenvalue weighted by Gasteiger charge is -2.11. The fraction of sp³-hybridized carbons (Fsp3) is 0.294. The van der Waals surface area contributed by atoms with Crippen LogP contribution in [-0.2, 0) is 6.54 Å². The fourth-order valence-electron chi connectivity index (χ4n) is 2.01. The van der Waals surface area contributed by atoms with E-state index in [1.807, 2.05) is 19.1 Å². The molecular weight excluding hydrogens is 333 g/mol. The number of aryl methyl sites for hydroxylation is 1. The number of rotatable bonds is 6. The first-order valence-corrected chi connectivity index (χ1v) is 7.82. The normalized spacial score (nSPS) is 10.7. The largest absolute Gasteiger partial charge is 0.457 e. The Bertz CT molecular complexity index is 616. The number of halogens is 2. The van der Waals surface area contributed by atoms with E-state index in [1.165, 1.54) is 11.6 Å². The van der Waals surface area contributed by atoms with Gasteiger partial charge in [0.15, 0.2) is 0 Å². The second kappa shape index (κ2) is 7.57. The van der Waals surface area contributed by atoms with E-state index in [9.17, 15) is 4.39 Å². The molecule has 2 aromatic carbocycles. The summed E-state index contributed by atoms with van der Waals surface area (Å²) in [5, 5.41) is 3.37. The van der Waals surface area contributed by atoms with E-state index in [-0.39, 0.29) is 5.82 Å². The average molecular weight is 352 g/mol. The van der Waals surface area contributed by atoms with Gasteiger partial charge in [0.1, 0.15) is 17.3 Å². The Balaban J connectivity index is 2.08. The predicted octanol–water partition coefficient (Wildman–Crippen LogP) is 5.19. The average Bonchev–Trinajstić information content (AvgIpc) is 2.46. The molecule has 0 fully saturated rings. The first kappa shape index (κ1) is 16.0. The number of nitrogens with one attached hydrogen (secondary N) is 1. The van der Waals surface area contributed by atoms with Crippen LogP contribution in [0.15, 0.2) is 40.9 Å². The molecule has 0 bridgehead atoms. The van der Waals surface area contributed by atoms with E-state index < -0.39 is 0 Å². The minimum atomic E-state index is -0.328. The van der Waals surface area contributed by atoms with E-state index in [4.69, 9.17) is 4.74 Å². The lowest BCUT2D eigenvalue weighted by molar-refractivity contribution is 0.472. The number of hydrogen-bond acceptors (Lipinski definition) is 2. The van der Waals surface area contributed by atoms with Crippen LogP contribution in [0, 0.1) is 12.7 Å².